The second kappa shape index (κ2) is 8.69. The number of halogens is 1. The third-order valence-electron chi connectivity index (χ3n) is 4.04. The second-order valence-corrected chi connectivity index (χ2v) is 6.09. The van der Waals surface area contributed by atoms with Crippen molar-refractivity contribution in [3.63, 3.8) is 0 Å². The molecule has 1 aliphatic heterocycles. The van der Waals surface area contributed by atoms with Gasteiger partial charge in [-0.15, -0.1) is 0 Å². The molecule has 128 valence electrons. The van der Waals surface area contributed by atoms with E-state index in [1.165, 1.54) is 0 Å². The summed E-state index contributed by atoms with van der Waals surface area (Å²) in [6, 6.07) is 7.26. The Hall–Kier alpha value is -2.07. The van der Waals surface area contributed by atoms with Crippen LogP contribution < -0.4 is 11.1 Å². The summed E-state index contributed by atoms with van der Waals surface area (Å²) in [6.45, 7) is 6.63. The molecule has 0 aliphatic carbocycles. The number of benzene rings is 1. The zero-order chi connectivity index (χ0) is 17.5. The van der Waals surface area contributed by atoms with Gasteiger partial charge in [-0.25, -0.2) is 0 Å². The second-order valence-electron chi connectivity index (χ2n) is 5.69. The van der Waals surface area contributed by atoms with Crippen molar-refractivity contribution < 1.29 is 4.79 Å². The molecule has 0 bridgehead atoms. The summed E-state index contributed by atoms with van der Waals surface area (Å²) in [7, 11) is 0. The lowest BCUT2D eigenvalue weighted by molar-refractivity contribution is -0.112. The number of rotatable bonds is 5. The Morgan fingerprint density at radius 2 is 2.12 bits per heavy atom. The highest BCUT2D eigenvalue weighted by molar-refractivity contribution is 6.31. The molecule has 1 fully saturated rings. The predicted molar refractivity (Wildman–Crippen MR) is 95.6 cm³/mol. The summed E-state index contributed by atoms with van der Waals surface area (Å²) < 4.78 is 0. The highest BCUT2D eigenvalue weighted by Gasteiger charge is 2.17. The Balaban J connectivity index is 2.02. The van der Waals surface area contributed by atoms with Gasteiger partial charge in [-0.3, -0.25) is 9.69 Å². The minimum Gasteiger partial charge on any atom is -0.374 e. The van der Waals surface area contributed by atoms with Gasteiger partial charge in [0.2, 0.25) is 0 Å². The minimum absolute atomic E-state index is 0.0849. The molecule has 24 heavy (non-hydrogen) atoms. The average Bonchev–Trinajstić information content (AvgIpc) is 2.58. The van der Waals surface area contributed by atoms with Gasteiger partial charge in [-0.05, 0) is 24.6 Å². The zero-order valence-corrected chi connectivity index (χ0v) is 14.5. The van der Waals surface area contributed by atoms with E-state index in [9.17, 15) is 10.1 Å². The van der Waals surface area contributed by atoms with Crippen molar-refractivity contribution in [2.75, 3.05) is 44.6 Å². The summed E-state index contributed by atoms with van der Waals surface area (Å²) >= 11 is 6.05. The summed E-state index contributed by atoms with van der Waals surface area (Å²) in [5.74, 6) is -0.424. The third kappa shape index (κ3) is 4.71. The molecule has 1 saturated heterocycles. The van der Waals surface area contributed by atoms with Crippen LogP contribution >= 0.6 is 11.6 Å². The van der Waals surface area contributed by atoms with E-state index in [1.807, 2.05) is 17.9 Å². The fraction of sp³-hybridized carbons (Fsp3) is 0.412. The quantitative estimate of drug-likeness (QED) is 0.624. The summed E-state index contributed by atoms with van der Waals surface area (Å²) in [6.07, 6.45) is 1.63. The Bertz CT molecular complexity index is 659. The molecule has 0 radical (unpaired) electrons. The van der Waals surface area contributed by atoms with Gasteiger partial charge in [-0.1, -0.05) is 17.7 Å². The molecule has 1 aliphatic rings. The van der Waals surface area contributed by atoms with Gasteiger partial charge in [0.25, 0.3) is 5.91 Å². The van der Waals surface area contributed by atoms with Crippen LogP contribution in [0.4, 0.5) is 5.69 Å². The van der Waals surface area contributed by atoms with Crippen LogP contribution in [-0.4, -0.2) is 55.0 Å². The van der Waals surface area contributed by atoms with E-state index in [1.54, 1.807) is 24.4 Å². The lowest BCUT2D eigenvalue weighted by Crippen LogP contribution is -2.45. The minimum atomic E-state index is -0.424. The van der Waals surface area contributed by atoms with Gasteiger partial charge < -0.3 is 16.0 Å². The molecular weight excluding hydrogens is 326 g/mol. The maximum absolute atomic E-state index is 12.3. The first kappa shape index (κ1) is 18.3. The number of nitrogens with one attached hydrogen (secondary N) is 1. The predicted octanol–water partition coefficient (Wildman–Crippen LogP) is 1.57. The van der Waals surface area contributed by atoms with Crippen molar-refractivity contribution in [1.82, 2.24) is 9.80 Å². The SMILES string of the molecule is Cc1c(Cl)cccc1NC(=O)/C(C#N)=C\N1CCN(CCN)CC1. The van der Waals surface area contributed by atoms with Crippen LogP contribution in [-0.2, 0) is 4.79 Å². The highest BCUT2D eigenvalue weighted by Crippen LogP contribution is 2.23. The van der Waals surface area contributed by atoms with Crippen LogP contribution in [0.2, 0.25) is 5.02 Å². The van der Waals surface area contributed by atoms with Crippen LogP contribution in [0.5, 0.6) is 0 Å². The average molecular weight is 348 g/mol. The van der Waals surface area contributed by atoms with Crippen molar-refractivity contribution in [1.29, 1.82) is 5.26 Å². The smallest absolute Gasteiger partial charge is 0.267 e. The van der Waals surface area contributed by atoms with Gasteiger partial charge in [0.15, 0.2) is 0 Å². The number of nitriles is 1. The number of anilines is 1. The van der Waals surface area contributed by atoms with Crippen LogP contribution in [0.3, 0.4) is 0 Å². The monoisotopic (exact) mass is 347 g/mol. The molecule has 7 heteroatoms. The van der Waals surface area contributed by atoms with E-state index in [4.69, 9.17) is 17.3 Å². The maximum atomic E-state index is 12.3. The van der Waals surface area contributed by atoms with Crippen molar-refractivity contribution in [3.8, 4) is 6.07 Å². The summed E-state index contributed by atoms with van der Waals surface area (Å²) in [5.41, 5.74) is 7.03. The standard InChI is InChI=1S/C17H22ClN5O/c1-13-15(18)3-2-4-16(13)21-17(24)14(11-20)12-23-9-7-22(6-5-19)8-10-23/h2-4,12H,5-10,19H2,1H3,(H,21,24)/b14-12-. The Labute approximate surface area is 147 Å². The molecule has 1 amide bonds. The number of nitrogens with two attached hydrogens (primary N) is 1. The van der Waals surface area contributed by atoms with Gasteiger partial charge in [0.1, 0.15) is 11.6 Å². The zero-order valence-electron chi connectivity index (χ0n) is 13.8. The Morgan fingerprint density at radius 1 is 1.42 bits per heavy atom. The van der Waals surface area contributed by atoms with Gasteiger partial charge in [0.05, 0.1) is 0 Å². The number of hydrogen-bond donors (Lipinski definition) is 2. The molecule has 6 nitrogen and oxygen atoms in total. The molecule has 0 unspecified atom stereocenters. The van der Waals surface area contributed by atoms with E-state index >= 15 is 0 Å². The van der Waals surface area contributed by atoms with Crippen LogP contribution in [0.15, 0.2) is 30.0 Å². The molecular formula is C17H22ClN5O. The van der Waals surface area contributed by atoms with Crippen molar-refractivity contribution in [2.24, 2.45) is 5.73 Å². The topological polar surface area (TPSA) is 85.4 Å². The Kier molecular flexibility index (Phi) is 6.62. The molecule has 1 aromatic rings. The Morgan fingerprint density at radius 3 is 2.75 bits per heavy atom. The van der Waals surface area contributed by atoms with Crippen molar-refractivity contribution in [2.45, 2.75) is 6.92 Å². The molecule has 2 rings (SSSR count). The lowest BCUT2D eigenvalue weighted by atomic mass is 10.2. The lowest BCUT2D eigenvalue weighted by Gasteiger charge is -2.33. The number of nitrogens with zero attached hydrogens (tertiary/aromatic N) is 3. The molecule has 0 saturated carbocycles. The van der Waals surface area contributed by atoms with Gasteiger partial charge in [-0.2, -0.15) is 5.26 Å². The van der Waals surface area contributed by atoms with Gasteiger partial charge >= 0.3 is 0 Å². The van der Waals surface area contributed by atoms with E-state index in [0.717, 1.165) is 38.3 Å². The summed E-state index contributed by atoms with van der Waals surface area (Å²) in [5, 5.41) is 12.6. The van der Waals surface area contributed by atoms with E-state index in [-0.39, 0.29) is 5.57 Å². The fourth-order valence-corrected chi connectivity index (χ4v) is 2.73. The van der Waals surface area contributed by atoms with Crippen LogP contribution in [0, 0.1) is 18.3 Å². The fourth-order valence-electron chi connectivity index (χ4n) is 2.55. The normalized spacial score (nSPS) is 15.9. The maximum Gasteiger partial charge on any atom is 0.267 e. The largest absolute Gasteiger partial charge is 0.374 e. The van der Waals surface area contributed by atoms with Crippen LogP contribution in [0.1, 0.15) is 5.56 Å². The number of piperazine rings is 1. The first-order valence-corrected chi connectivity index (χ1v) is 8.27. The summed E-state index contributed by atoms with van der Waals surface area (Å²) in [4.78, 5) is 16.6. The van der Waals surface area contributed by atoms with E-state index in [2.05, 4.69) is 10.2 Å². The van der Waals surface area contributed by atoms with Crippen molar-refractivity contribution >= 4 is 23.2 Å². The molecule has 0 aromatic heterocycles. The van der Waals surface area contributed by atoms with Crippen molar-refractivity contribution in [3.05, 3.63) is 40.6 Å². The van der Waals surface area contributed by atoms with Crippen LogP contribution in [0.25, 0.3) is 0 Å². The number of hydrogen-bond acceptors (Lipinski definition) is 5. The van der Waals surface area contributed by atoms with Gasteiger partial charge in [0, 0.05) is 56.2 Å². The molecule has 0 atom stereocenters. The molecule has 3 N–H and O–H groups in total. The first-order valence-electron chi connectivity index (χ1n) is 7.90. The number of amides is 1. The first-order chi connectivity index (χ1) is 11.5. The molecule has 1 aromatic carbocycles. The third-order valence-corrected chi connectivity index (χ3v) is 4.45. The highest BCUT2D eigenvalue weighted by atomic mass is 35.5. The molecule has 0 spiro atoms. The molecule has 1 heterocycles. The van der Waals surface area contributed by atoms with E-state index < -0.39 is 5.91 Å². The number of carbonyl (C=O) groups is 1. The number of carbonyl (C=O) groups excluding carboxylic acids is 1. The van der Waals surface area contributed by atoms with E-state index in [0.29, 0.717) is 17.3 Å².